The molecule has 2 fully saturated rings. The molecule has 4 nitrogen and oxygen atoms in total. The number of fused-ring (bicyclic) bond motifs is 1. The molecule has 0 aromatic carbocycles. The van der Waals surface area contributed by atoms with Crippen LogP contribution in [0.15, 0.2) is 30.6 Å². The van der Waals surface area contributed by atoms with Gasteiger partial charge in [0.25, 0.3) is 0 Å². The second kappa shape index (κ2) is 4.80. The molecule has 2 unspecified atom stereocenters. The second-order valence-corrected chi connectivity index (χ2v) is 5.13. The Morgan fingerprint density at radius 2 is 2.00 bits per heavy atom. The van der Waals surface area contributed by atoms with Crippen molar-refractivity contribution in [2.45, 2.75) is 25.7 Å². The molecule has 4 rings (SSSR count). The van der Waals surface area contributed by atoms with Gasteiger partial charge in [-0.1, -0.05) is 19.3 Å². The predicted molar refractivity (Wildman–Crippen MR) is 71.7 cm³/mol. The maximum atomic E-state index is 5.44. The molecule has 3 N–H and O–H groups in total. The summed E-state index contributed by atoms with van der Waals surface area (Å²) in [6, 6.07) is 5.54. The maximum Gasteiger partial charge on any atom is 0.123 e. The third-order valence-electron chi connectivity index (χ3n) is 3.82. The van der Waals surface area contributed by atoms with E-state index in [1.807, 2.05) is 12.1 Å². The van der Waals surface area contributed by atoms with Crippen molar-refractivity contribution in [3.8, 4) is 11.3 Å². The third kappa shape index (κ3) is 2.53. The first-order chi connectivity index (χ1) is 8.83. The van der Waals surface area contributed by atoms with Crippen molar-refractivity contribution in [3.05, 3.63) is 30.6 Å². The van der Waals surface area contributed by atoms with Gasteiger partial charge in [-0.25, -0.2) is 4.98 Å². The molecule has 2 atom stereocenters. The van der Waals surface area contributed by atoms with Crippen LogP contribution in [0.3, 0.4) is 0 Å². The van der Waals surface area contributed by atoms with Gasteiger partial charge in [0.1, 0.15) is 5.82 Å². The minimum absolute atomic E-state index is 0.526. The van der Waals surface area contributed by atoms with Crippen molar-refractivity contribution >= 4 is 5.82 Å². The van der Waals surface area contributed by atoms with Crippen molar-refractivity contribution in [1.29, 1.82) is 0 Å². The van der Waals surface area contributed by atoms with Gasteiger partial charge in [0, 0.05) is 18.0 Å². The SMILES string of the molecule is C1CC2CC2C1.Nc1ccc(-c2ccn[nH]2)cn1. The zero-order valence-electron chi connectivity index (χ0n) is 10.3. The highest BCUT2D eigenvalue weighted by atomic mass is 15.1. The molecule has 2 aromatic rings. The molecule has 0 amide bonds. The van der Waals surface area contributed by atoms with Crippen LogP contribution in [0.1, 0.15) is 25.7 Å². The average molecular weight is 242 g/mol. The van der Waals surface area contributed by atoms with Crippen LogP contribution in [0.4, 0.5) is 5.82 Å². The van der Waals surface area contributed by atoms with Crippen LogP contribution >= 0.6 is 0 Å². The van der Waals surface area contributed by atoms with Gasteiger partial charge in [-0.15, -0.1) is 0 Å². The van der Waals surface area contributed by atoms with E-state index in [0.29, 0.717) is 5.82 Å². The largest absolute Gasteiger partial charge is 0.384 e. The zero-order chi connectivity index (χ0) is 12.4. The first-order valence-electron chi connectivity index (χ1n) is 6.54. The van der Waals surface area contributed by atoms with E-state index in [2.05, 4.69) is 15.2 Å². The lowest BCUT2D eigenvalue weighted by molar-refractivity contribution is 0.735. The molecule has 0 bridgehead atoms. The Kier molecular flexibility index (Phi) is 3.00. The third-order valence-corrected chi connectivity index (χ3v) is 3.82. The normalized spacial score (nSPS) is 24.0. The Balaban J connectivity index is 0.000000137. The van der Waals surface area contributed by atoms with Gasteiger partial charge in [-0.3, -0.25) is 5.10 Å². The van der Waals surface area contributed by atoms with Gasteiger partial charge < -0.3 is 5.73 Å². The molecule has 4 heteroatoms. The number of aromatic amines is 1. The fourth-order valence-corrected chi connectivity index (χ4v) is 2.64. The molecule has 2 heterocycles. The van der Waals surface area contributed by atoms with Crippen LogP contribution in [0, 0.1) is 11.8 Å². The standard InChI is InChI=1S/C8H8N4.C6H10/c9-8-2-1-6(5-10-8)7-3-4-11-12-7;1-2-5-4-6(5)3-1/h1-5H,(H2,9,10)(H,11,12);5-6H,1-4H2. The van der Waals surface area contributed by atoms with Gasteiger partial charge >= 0.3 is 0 Å². The van der Waals surface area contributed by atoms with Crippen molar-refractivity contribution in [2.24, 2.45) is 11.8 Å². The minimum Gasteiger partial charge on any atom is -0.384 e. The number of rotatable bonds is 1. The number of pyridine rings is 1. The molecule has 2 aliphatic rings. The number of nitrogen functional groups attached to an aromatic ring is 1. The lowest BCUT2D eigenvalue weighted by atomic mass is 10.2. The predicted octanol–water partition coefficient (Wildman–Crippen LogP) is 2.86. The highest BCUT2D eigenvalue weighted by Crippen LogP contribution is 2.51. The molecule has 0 aliphatic heterocycles. The first kappa shape index (κ1) is 11.3. The monoisotopic (exact) mass is 242 g/mol. The number of nitrogens with one attached hydrogen (secondary N) is 1. The lowest BCUT2D eigenvalue weighted by Crippen LogP contribution is -1.88. The van der Waals surface area contributed by atoms with Crippen molar-refractivity contribution < 1.29 is 0 Å². The smallest absolute Gasteiger partial charge is 0.123 e. The number of H-pyrrole nitrogens is 1. The van der Waals surface area contributed by atoms with E-state index < -0.39 is 0 Å². The van der Waals surface area contributed by atoms with Crippen molar-refractivity contribution in [3.63, 3.8) is 0 Å². The minimum atomic E-state index is 0.526. The van der Waals surface area contributed by atoms with E-state index in [4.69, 9.17) is 5.73 Å². The first-order valence-corrected chi connectivity index (χ1v) is 6.54. The topological polar surface area (TPSA) is 67.6 Å². The van der Waals surface area contributed by atoms with E-state index in [1.165, 1.54) is 18.3 Å². The van der Waals surface area contributed by atoms with Crippen LogP contribution in [-0.2, 0) is 0 Å². The van der Waals surface area contributed by atoms with Crippen molar-refractivity contribution in [2.75, 3.05) is 5.73 Å². The zero-order valence-corrected chi connectivity index (χ0v) is 10.3. The molecule has 2 aromatic heterocycles. The molecule has 0 radical (unpaired) electrons. The summed E-state index contributed by atoms with van der Waals surface area (Å²) >= 11 is 0. The van der Waals surface area contributed by atoms with Gasteiger partial charge in [-0.2, -0.15) is 5.10 Å². The summed E-state index contributed by atoms with van der Waals surface area (Å²) < 4.78 is 0. The number of anilines is 1. The summed E-state index contributed by atoms with van der Waals surface area (Å²) in [7, 11) is 0. The van der Waals surface area contributed by atoms with E-state index in [0.717, 1.165) is 11.3 Å². The number of nitrogens with two attached hydrogens (primary N) is 1. The molecule has 18 heavy (non-hydrogen) atoms. The molecule has 0 spiro atoms. The van der Waals surface area contributed by atoms with Crippen LogP contribution < -0.4 is 5.73 Å². The Hall–Kier alpha value is -1.84. The fraction of sp³-hybridized carbons (Fsp3) is 0.429. The Morgan fingerprint density at radius 3 is 2.44 bits per heavy atom. The summed E-state index contributed by atoms with van der Waals surface area (Å²) in [4.78, 5) is 3.97. The summed E-state index contributed by atoms with van der Waals surface area (Å²) in [6.45, 7) is 0. The van der Waals surface area contributed by atoms with Gasteiger partial charge in [-0.05, 0) is 36.5 Å². The number of aromatic nitrogens is 3. The van der Waals surface area contributed by atoms with E-state index in [-0.39, 0.29) is 0 Å². The van der Waals surface area contributed by atoms with Gasteiger partial charge in [0.15, 0.2) is 0 Å². The van der Waals surface area contributed by atoms with Crippen LogP contribution in [0.25, 0.3) is 11.3 Å². The van der Waals surface area contributed by atoms with E-state index >= 15 is 0 Å². The Bertz CT molecular complexity index is 481. The van der Waals surface area contributed by atoms with Gasteiger partial charge in [0.05, 0.1) is 5.69 Å². The summed E-state index contributed by atoms with van der Waals surface area (Å²) in [5.74, 6) is 2.95. The molecule has 94 valence electrons. The van der Waals surface area contributed by atoms with Crippen LogP contribution in [0.2, 0.25) is 0 Å². The Labute approximate surface area is 107 Å². The van der Waals surface area contributed by atoms with E-state index in [9.17, 15) is 0 Å². The second-order valence-electron chi connectivity index (χ2n) is 5.13. The number of hydrogen-bond donors (Lipinski definition) is 2. The fourth-order valence-electron chi connectivity index (χ4n) is 2.64. The molecular formula is C14H18N4. The quantitative estimate of drug-likeness (QED) is 0.808. The molecular weight excluding hydrogens is 224 g/mol. The summed E-state index contributed by atoms with van der Waals surface area (Å²) in [6.07, 6.45) is 9.65. The lowest BCUT2D eigenvalue weighted by Gasteiger charge is -1.95. The summed E-state index contributed by atoms with van der Waals surface area (Å²) in [5, 5.41) is 6.68. The molecule has 2 saturated carbocycles. The molecule has 0 saturated heterocycles. The highest BCUT2D eigenvalue weighted by Gasteiger charge is 2.40. The number of nitrogens with zero attached hydrogens (tertiary/aromatic N) is 2. The van der Waals surface area contributed by atoms with Gasteiger partial charge in [0.2, 0.25) is 0 Å². The van der Waals surface area contributed by atoms with Crippen LogP contribution in [-0.4, -0.2) is 15.2 Å². The maximum absolute atomic E-state index is 5.44. The van der Waals surface area contributed by atoms with E-state index in [1.54, 1.807) is 37.7 Å². The molecule has 2 aliphatic carbocycles. The average Bonchev–Trinajstić information content (AvgIpc) is 2.87. The number of hydrogen-bond acceptors (Lipinski definition) is 3. The Morgan fingerprint density at radius 1 is 1.17 bits per heavy atom. The highest BCUT2D eigenvalue weighted by molar-refractivity contribution is 5.58. The summed E-state index contributed by atoms with van der Waals surface area (Å²) in [5.41, 5.74) is 7.38. The van der Waals surface area contributed by atoms with Crippen LogP contribution in [0.5, 0.6) is 0 Å². The van der Waals surface area contributed by atoms with Crippen molar-refractivity contribution in [1.82, 2.24) is 15.2 Å².